The highest BCUT2D eigenvalue weighted by Gasteiger charge is 2.50. The Morgan fingerprint density at radius 1 is 1.10 bits per heavy atom. The van der Waals surface area contributed by atoms with Crippen molar-refractivity contribution in [1.29, 1.82) is 0 Å². The second-order valence-corrected chi connectivity index (χ2v) is 11.2. The van der Waals surface area contributed by atoms with E-state index in [9.17, 15) is 10.2 Å². The number of fused-ring (bicyclic) bond motifs is 1. The van der Waals surface area contributed by atoms with Gasteiger partial charge in [0.15, 0.2) is 0 Å². The molecule has 3 aliphatic rings. The number of hydrogen-bond donors (Lipinski definition) is 2. The number of aliphatic hydroxyl groups is 2. The van der Waals surface area contributed by atoms with Crippen LogP contribution in [0.15, 0.2) is 47.6 Å². The van der Waals surface area contributed by atoms with Crippen molar-refractivity contribution in [3.8, 4) is 0 Å². The Bertz CT molecular complexity index is 719. The summed E-state index contributed by atoms with van der Waals surface area (Å²) in [5.74, 6) is 2.08. The number of allylic oxidation sites excluding steroid dienone is 5. The Balaban J connectivity index is 1.75. The quantitative estimate of drug-likeness (QED) is 0.490. The van der Waals surface area contributed by atoms with E-state index in [0.29, 0.717) is 23.2 Å². The van der Waals surface area contributed by atoms with Gasteiger partial charge in [-0.05, 0) is 94.0 Å². The molecule has 3 fully saturated rings. The third-order valence-corrected chi connectivity index (χ3v) is 8.68. The van der Waals surface area contributed by atoms with Gasteiger partial charge in [0.2, 0.25) is 0 Å². The van der Waals surface area contributed by atoms with Crippen LogP contribution in [0.2, 0.25) is 0 Å². The molecule has 0 aromatic rings. The second-order valence-electron chi connectivity index (χ2n) is 11.2. The minimum Gasteiger partial charge on any atom is -0.393 e. The number of hydrogen-bond acceptors (Lipinski definition) is 2. The van der Waals surface area contributed by atoms with Crippen molar-refractivity contribution in [2.45, 2.75) is 97.7 Å². The summed E-state index contributed by atoms with van der Waals surface area (Å²) in [7, 11) is 0. The van der Waals surface area contributed by atoms with Crippen molar-refractivity contribution in [1.82, 2.24) is 0 Å². The molecule has 0 radical (unpaired) electrons. The topological polar surface area (TPSA) is 40.5 Å². The lowest BCUT2D eigenvalue weighted by Gasteiger charge is -2.44. The lowest BCUT2D eigenvalue weighted by molar-refractivity contribution is 0.0436. The highest BCUT2D eigenvalue weighted by Crippen LogP contribution is 2.59. The Morgan fingerprint density at radius 2 is 1.83 bits per heavy atom. The molecule has 2 heteroatoms. The summed E-state index contributed by atoms with van der Waals surface area (Å²) in [5.41, 5.74) is 3.78. The van der Waals surface area contributed by atoms with E-state index in [2.05, 4.69) is 51.7 Å². The van der Waals surface area contributed by atoms with E-state index in [1.54, 1.807) is 5.57 Å². The third kappa shape index (κ3) is 5.02. The van der Waals surface area contributed by atoms with Crippen molar-refractivity contribution in [2.75, 3.05) is 0 Å². The normalized spacial score (nSPS) is 37.7. The molecule has 0 spiro atoms. The third-order valence-electron chi connectivity index (χ3n) is 8.68. The van der Waals surface area contributed by atoms with Gasteiger partial charge in [-0.3, -0.25) is 0 Å². The van der Waals surface area contributed by atoms with Crippen molar-refractivity contribution < 1.29 is 10.2 Å². The molecule has 0 heterocycles. The van der Waals surface area contributed by atoms with Gasteiger partial charge >= 0.3 is 0 Å². The molecule has 0 amide bonds. The predicted octanol–water partition coefficient (Wildman–Crippen LogP) is 6.76. The van der Waals surface area contributed by atoms with Crippen molar-refractivity contribution >= 4 is 0 Å². The van der Waals surface area contributed by atoms with E-state index in [4.69, 9.17) is 0 Å². The predicted molar refractivity (Wildman–Crippen MR) is 127 cm³/mol. The van der Waals surface area contributed by atoms with E-state index >= 15 is 0 Å². The van der Waals surface area contributed by atoms with Crippen LogP contribution in [0.1, 0.15) is 86.0 Å². The van der Waals surface area contributed by atoms with E-state index in [-0.39, 0.29) is 12.0 Å². The van der Waals surface area contributed by atoms with Crippen LogP contribution in [0, 0.1) is 29.1 Å². The van der Waals surface area contributed by atoms with Gasteiger partial charge in [0, 0.05) is 5.92 Å². The molecule has 6 atom stereocenters. The van der Waals surface area contributed by atoms with Gasteiger partial charge < -0.3 is 10.2 Å². The average molecular weight is 413 g/mol. The minimum absolute atomic E-state index is 0.164. The van der Waals surface area contributed by atoms with Gasteiger partial charge in [-0.25, -0.2) is 0 Å². The van der Waals surface area contributed by atoms with Crippen molar-refractivity contribution in [3.63, 3.8) is 0 Å². The Morgan fingerprint density at radius 3 is 2.53 bits per heavy atom. The molecule has 3 aliphatic carbocycles. The smallest absolute Gasteiger partial charge is 0.0651 e. The van der Waals surface area contributed by atoms with Gasteiger partial charge in [-0.1, -0.05) is 62.8 Å². The van der Waals surface area contributed by atoms with E-state index < -0.39 is 5.60 Å². The first-order valence-corrected chi connectivity index (χ1v) is 12.2. The Labute approximate surface area is 184 Å². The van der Waals surface area contributed by atoms with Crippen LogP contribution >= 0.6 is 0 Å². The highest BCUT2D eigenvalue weighted by molar-refractivity contribution is 5.36. The Hall–Kier alpha value is -1.12. The Kier molecular flexibility index (Phi) is 7.19. The van der Waals surface area contributed by atoms with E-state index in [1.807, 2.05) is 13.8 Å². The molecule has 0 aliphatic heterocycles. The minimum atomic E-state index is -0.663. The molecule has 30 heavy (non-hydrogen) atoms. The standard InChI is InChI=1S/C28H44O2/c1-19-10-14-24(29)18-23(19)13-12-22-8-7-17-28(6)25(15-16-26(22)28)20(2)9-11-21(3)27(4,5)30/h9,11-13,20-21,24-26,29-30H,1,7-8,10,14-18H2,2-6H3/b11-9?,22-12+,23-13+/t20-,21+,24+,25-,26+,28-/m1/s1. The van der Waals surface area contributed by atoms with Crippen LogP contribution in [0.25, 0.3) is 0 Å². The first kappa shape index (κ1) is 23.5. The van der Waals surface area contributed by atoms with Gasteiger partial charge in [-0.15, -0.1) is 0 Å². The fraction of sp³-hybridized carbons (Fsp3) is 0.714. The zero-order valence-corrected chi connectivity index (χ0v) is 20.0. The molecule has 2 nitrogen and oxygen atoms in total. The maximum atomic E-state index is 10.3. The summed E-state index contributed by atoms with van der Waals surface area (Å²) in [6, 6.07) is 0. The highest BCUT2D eigenvalue weighted by atomic mass is 16.3. The molecule has 3 saturated carbocycles. The van der Waals surface area contributed by atoms with Crippen LogP contribution in [0.4, 0.5) is 0 Å². The fourth-order valence-electron chi connectivity index (χ4n) is 6.25. The van der Waals surface area contributed by atoms with Gasteiger partial charge in [0.1, 0.15) is 0 Å². The zero-order valence-electron chi connectivity index (χ0n) is 20.0. The first-order valence-electron chi connectivity index (χ1n) is 12.2. The number of aliphatic hydroxyl groups excluding tert-OH is 1. The summed E-state index contributed by atoms with van der Waals surface area (Å²) in [4.78, 5) is 0. The zero-order chi connectivity index (χ0) is 22.1. The summed E-state index contributed by atoms with van der Waals surface area (Å²) < 4.78 is 0. The molecule has 0 bridgehead atoms. The molecular weight excluding hydrogens is 368 g/mol. The van der Waals surface area contributed by atoms with Crippen LogP contribution < -0.4 is 0 Å². The van der Waals surface area contributed by atoms with E-state index in [1.165, 1.54) is 43.3 Å². The van der Waals surface area contributed by atoms with Crippen molar-refractivity contribution in [2.24, 2.45) is 29.1 Å². The summed E-state index contributed by atoms with van der Waals surface area (Å²) in [5, 5.41) is 20.3. The van der Waals surface area contributed by atoms with Gasteiger partial charge in [0.25, 0.3) is 0 Å². The summed E-state index contributed by atoms with van der Waals surface area (Å²) >= 11 is 0. The lowest BCUT2D eigenvalue weighted by atomic mass is 9.61. The van der Waals surface area contributed by atoms with Gasteiger partial charge in [0.05, 0.1) is 11.7 Å². The average Bonchev–Trinajstić information content (AvgIpc) is 3.03. The van der Waals surface area contributed by atoms with Crippen LogP contribution in [0.3, 0.4) is 0 Å². The van der Waals surface area contributed by atoms with Crippen molar-refractivity contribution in [3.05, 3.63) is 47.6 Å². The molecule has 0 saturated heterocycles. The SMILES string of the molecule is C=C1CC[C@H](O)C/C1=C\C=C1/CCC[C@]2(C)[C@@H]([C@H](C)C=C[C@H](C)C(C)(C)O)CC[C@@H]12. The fourth-order valence-corrected chi connectivity index (χ4v) is 6.25. The molecule has 168 valence electrons. The molecular formula is C28H44O2. The molecule has 0 unspecified atom stereocenters. The summed E-state index contributed by atoms with van der Waals surface area (Å²) in [6.07, 6.45) is 18.0. The molecule has 3 rings (SSSR count). The first-order chi connectivity index (χ1) is 14.0. The maximum Gasteiger partial charge on any atom is 0.0651 e. The molecule has 0 aromatic carbocycles. The second kappa shape index (κ2) is 9.17. The lowest BCUT2D eigenvalue weighted by Crippen LogP contribution is -2.35. The van der Waals surface area contributed by atoms with Crippen LogP contribution in [-0.4, -0.2) is 21.9 Å². The van der Waals surface area contributed by atoms with Crippen LogP contribution in [-0.2, 0) is 0 Å². The maximum absolute atomic E-state index is 10.3. The number of rotatable bonds is 5. The van der Waals surface area contributed by atoms with Gasteiger partial charge in [-0.2, -0.15) is 0 Å². The molecule has 0 aromatic heterocycles. The largest absolute Gasteiger partial charge is 0.393 e. The monoisotopic (exact) mass is 412 g/mol. The van der Waals surface area contributed by atoms with Crippen LogP contribution in [0.5, 0.6) is 0 Å². The molecule has 2 N–H and O–H groups in total. The van der Waals surface area contributed by atoms with E-state index in [0.717, 1.165) is 19.3 Å². The summed E-state index contributed by atoms with van der Waals surface area (Å²) in [6.45, 7) is 15.0.